The van der Waals surface area contributed by atoms with E-state index in [4.69, 9.17) is 0 Å². The predicted molar refractivity (Wildman–Crippen MR) is 56.3 cm³/mol. The molecule has 0 aromatic heterocycles. The Hall–Kier alpha value is -1.10. The Morgan fingerprint density at radius 1 is 1.47 bits per heavy atom. The van der Waals surface area contributed by atoms with Crippen LogP contribution in [-0.2, 0) is 16.6 Å². The first-order valence-electron chi connectivity index (χ1n) is 4.85. The molecule has 3 nitrogen and oxygen atoms in total. The molecule has 82 valence electrons. The van der Waals surface area contributed by atoms with Crippen molar-refractivity contribution in [2.75, 3.05) is 18.0 Å². The number of halogens is 1. The Bertz CT molecular complexity index is 484. The number of hydrogen-bond acceptors (Lipinski definition) is 3. The Labute approximate surface area is 88.7 Å². The van der Waals surface area contributed by atoms with Gasteiger partial charge in [0.1, 0.15) is 0 Å². The topological polar surface area (TPSA) is 37.4 Å². The van der Waals surface area contributed by atoms with E-state index in [1.54, 1.807) is 6.07 Å². The normalized spacial score (nSPS) is 15.5. The standard InChI is InChI=1S/C10H12FNO2S/c1-2-12-6-5-8-7-9(15(11,13)14)3-4-10(8)12/h3-4,7H,2,5-6H2,1H3. The van der Waals surface area contributed by atoms with Crippen molar-refractivity contribution in [2.24, 2.45) is 0 Å². The van der Waals surface area contributed by atoms with Gasteiger partial charge in [0.05, 0.1) is 4.90 Å². The molecule has 15 heavy (non-hydrogen) atoms. The van der Waals surface area contributed by atoms with Crippen LogP contribution >= 0.6 is 0 Å². The highest BCUT2D eigenvalue weighted by atomic mass is 32.3. The van der Waals surface area contributed by atoms with Crippen molar-refractivity contribution < 1.29 is 12.3 Å². The van der Waals surface area contributed by atoms with Crippen LogP contribution in [0, 0.1) is 0 Å². The van der Waals surface area contributed by atoms with Crippen molar-refractivity contribution in [1.29, 1.82) is 0 Å². The average Bonchev–Trinajstić information content (AvgIpc) is 2.58. The van der Waals surface area contributed by atoms with Crippen LogP contribution in [0.4, 0.5) is 9.57 Å². The molecule has 0 bridgehead atoms. The first-order valence-corrected chi connectivity index (χ1v) is 6.23. The highest BCUT2D eigenvalue weighted by Gasteiger charge is 2.21. The molecule has 0 saturated heterocycles. The fraction of sp³-hybridized carbons (Fsp3) is 0.400. The van der Waals surface area contributed by atoms with Crippen molar-refractivity contribution >= 4 is 15.9 Å². The summed E-state index contributed by atoms with van der Waals surface area (Å²) >= 11 is 0. The molecule has 1 aliphatic heterocycles. The van der Waals surface area contributed by atoms with Gasteiger partial charge in [-0.15, -0.1) is 3.89 Å². The lowest BCUT2D eigenvalue weighted by molar-refractivity contribution is 0.552. The lowest BCUT2D eigenvalue weighted by atomic mass is 10.2. The minimum absolute atomic E-state index is 0.237. The molecule has 0 unspecified atom stereocenters. The summed E-state index contributed by atoms with van der Waals surface area (Å²) in [5.74, 6) is 0. The van der Waals surface area contributed by atoms with Gasteiger partial charge in [-0.25, -0.2) is 0 Å². The predicted octanol–water partition coefficient (Wildman–Crippen LogP) is 1.73. The van der Waals surface area contributed by atoms with Gasteiger partial charge < -0.3 is 4.90 Å². The van der Waals surface area contributed by atoms with Crippen LogP contribution in [0.2, 0.25) is 0 Å². The van der Waals surface area contributed by atoms with Gasteiger partial charge in [0.15, 0.2) is 0 Å². The molecule has 2 rings (SSSR count). The van der Waals surface area contributed by atoms with E-state index in [2.05, 4.69) is 4.90 Å². The van der Waals surface area contributed by atoms with Crippen molar-refractivity contribution in [3.05, 3.63) is 23.8 Å². The van der Waals surface area contributed by atoms with E-state index < -0.39 is 10.2 Å². The molecule has 1 aromatic rings. The summed E-state index contributed by atoms with van der Waals surface area (Å²) < 4.78 is 34.1. The van der Waals surface area contributed by atoms with Crippen LogP contribution in [-0.4, -0.2) is 21.5 Å². The number of benzene rings is 1. The minimum atomic E-state index is -4.57. The Morgan fingerprint density at radius 3 is 2.80 bits per heavy atom. The number of anilines is 1. The van der Waals surface area contributed by atoms with Gasteiger partial charge in [0.2, 0.25) is 0 Å². The Balaban J connectivity index is 2.46. The average molecular weight is 229 g/mol. The molecule has 0 radical (unpaired) electrons. The number of nitrogens with zero attached hydrogens (tertiary/aromatic N) is 1. The Morgan fingerprint density at radius 2 is 2.20 bits per heavy atom. The second-order valence-corrected chi connectivity index (χ2v) is 4.91. The molecular formula is C10H12FNO2S. The molecule has 0 saturated carbocycles. The zero-order valence-corrected chi connectivity index (χ0v) is 9.22. The van der Waals surface area contributed by atoms with Crippen molar-refractivity contribution in [1.82, 2.24) is 0 Å². The fourth-order valence-electron chi connectivity index (χ4n) is 1.93. The molecule has 1 aliphatic rings. The quantitative estimate of drug-likeness (QED) is 0.725. The van der Waals surface area contributed by atoms with E-state index in [9.17, 15) is 12.3 Å². The first kappa shape index (κ1) is 10.4. The van der Waals surface area contributed by atoms with Crippen molar-refractivity contribution in [3.8, 4) is 0 Å². The highest BCUT2D eigenvalue weighted by Crippen LogP contribution is 2.30. The van der Waals surface area contributed by atoms with Gasteiger partial charge in [0.25, 0.3) is 0 Å². The smallest absolute Gasteiger partial charge is 0.332 e. The maximum absolute atomic E-state index is 12.7. The van der Waals surface area contributed by atoms with Crippen LogP contribution in [0.25, 0.3) is 0 Å². The van der Waals surface area contributed by atoms with Crippen molar-refractivity contribution in [3.63, 3.8) is 0 Å². The van der Waals surface area contributed by atoms with Gasteiger partial charge >= 0.3 is 10.2 Å². The van der Waals surface area contributed by atoms with E-state index in [-0.39, 0.29) is 4.90 Å². The second-order valence-electron chi connectivity index (χ2n) is 3.56. The van der Waals surface area contributed by atoms with Gasteiger partial charge in [-0.05, 0) is 37.1 Å². The molecule has 5 heteroatoms. The molecule has 1 heterocycles. The number of rotatable bonds is 2. The third kappa shape index (κ3) is 1.84. The van der Waals surface area contributed by atoms with Crippen LogP contribution in [0.15, 0.2) is 23.1 Å². The van der Waals surface area contributed by atoms with E-state index in [1.807, 2.05) is 6.92 Å². The molecule has 0 aliphatic carbocycles. The number of likely N-dealkylation sites (N-methyl/N-ethyl adjacent to an activating group) is 1. The summed E-state index contributed by atoms with van der Waals surface area (Å²) in [6.45, 7) is 3.80. The number of fused-ring (bicyclic) bond motifs is 1. The van der Waals surface area contributed by atoms with Gasteiger partial charge in [-0.1, -0.05) is 0 Å². The highest BCUT2D eigenvalue weighted by molar-refractivity contribution is 7.86. The third-order valence-corrected chi connectivity index (χ3v) is 3.52. The maximum Gasteiger partial charge on any atom is 0.332 e. The zero-order valence-electron chi connectivity index (χ0n) is 8.40. The van der Waals surface area contributed by atoms with E-state index in [0.29, 0.717) is 0 Å². The van der Waals surface area contributed by atoms with Crippen molar-refractivity contribution in [2.45, 2.75) is 18.2 Å². The van der Waals surface area contributed by atoms with Gasteiger partial charge in [-0.3, -0.25) is 0 Å². The summed E-state index contributed by atoms with van der Waals surface area (Å²) in [5, 5.41) is 0. The summed E-state index contributed by atoms with van der Waals surface area (Å²) in [6.07, 6.45) is 0.784. The second kappa shape index (κ2) is 3.48. The molecule has 0 fully saturated rings. The zero-order chi connectivity index (χ0) is 11.1. The first-order chi connectivity index (χ1) is 7.02. The fourth-order valence-corrected chi connectivity index (χ4v) is 2.44. The lowest BCUT2D eigenvalue weighted by Crippen LogP contribution is -2.19. The van der Waals surface area contributed by atoms with Gasteiger partial charge in [-0.2, -0.15) is 8.42 Å². The molecule has 0 spiro atoms. The molecule has 0 N–H and O–H groups in total. The Kier molecular flexibility index (Phi) is 2.42. The summed E-state index contributed by atoms with van der Waals surface area (Å²) in [6, 6.07) is 4.43. The summed E-state index contributed by atoms with van der Waals surface area (Å²) in [5.41, 5.74) is 1.93. The van der Waals surface area contributed by atoms with Crippen LogP contribution in [0.5, 0.6) is 0 Å². The SMILES string of the molecule is CCN1CCc2cc(S(=O)(=O)F)ccc21. The van der Waals surface area contributed by atoms with E-state index in [1.165, 1.54) is 12.1 Å². The largest absolute Gasteiger partial charge is 0.371 e. The molecule has 1 aromatic carbocycles. The maximum atomic E-state index is 12.7. The third-order valence-electron chi connectivity index (χ3n) is 2.71. The number of hydrogen-bond donors (Lipinski definition) is 0. The van der Waals surface area contributed by atoms with Crippen LogP contribution in [0.1, 0.15) is 12.5 Å². The van der Waals surface area contributed by atoms with Gasteiger partial charge in [0, 0.05) is 18.8 Å². The lowest BCUT2D eigenvalue weighted by Gasteiger charge is -2.16. The van der Waals surface area contributed by atoms with Crippen LogP contribution < -0.4 is 4.90 Å². The van der Waals surface area contributed by atoms with E-state index >= 15 is 0 Å². The van der Waals surface area contributed by atoms with E-state index in [0.717, 1.165) is 30.8 Å². The summed E-state index contributed by atoms with van der Waals surface area (Å²) in [7, 11) is -4.57. The summed E-state index contributed by atoms with van der Waals surface area (Å²) in [4.78, 5) is 1.91. The molecular weight excluding hydrogens is 217 g/mol. The van der Waals surface area contributed by atoms with Crippen LogP contribution in [0.3, 0.4) is 0 Å². The molecule has 0 amide bonds. The minimum Gasteiger partial charge on any atom is -0.371 e. The monoisotopic (exact) mass is 229 g/mol. The molecule has 0 atom stereocenters.